The van der Waals surface area contributed by atoms with Crippen LogP contribution >= 0.6 is 23.2 Å². The first-order valence-corrected chi connectivity index (χ1v) is 28.3. The van der Waals surface area contributed by atoms with Gasteiger partial charge in [0.05, 0.1) is 53.4 Å². The highest BCUT2D eigenvalue weighted by Gasteiger charge is 2.31. The maximum absolute atomic E-state index is 12.9. The molecule has 21 heteroatoms. The van der Waals surface area contributed by atoms with Crippen molar-refractivity contribution in [3.8, 4) is 33.8 Å². The summed E-state index contributed by atoms with van der Waals surface area (Å²) in [6, 6.07) is 33.0. The van der Waals surface area contributed by atoms with E-state index in [4.69, 9.17) is 39.0 Å². The number of alkyl halides is 4. The van der Waals surface area contributed by atoms with Gasteiger partial charge in [-0.1, -0.05) is 83.9 Å². The number of H-pyrrole nitrogens is 2. The fourth-order valence-electron chi connectivity index (χ4n) is 8.95. The highest BCUT2D eigenvalue weighted by atomic mass is 35.5. The van der Waals surface area contributed by atoms with Crippen LogP contribution in [0.1, 0.15) is 73.1 Å². The van der Waals surface area contributed by atoms with Gasteiger partial charge in [0.2, 0.25) is 0 Å². The average Bonchev–Trinajstić information content (AvgIpc) is 4.32. The zero-order chi connectivity index (χ0) is 54.3. The van der Waals surface area contributed by atoms with E-state index in [0.29, 0.717) is 83.9 Å². The lowest BCUT2D eigenvalue weighted by atomic mass is 9.95. The number of nitrogens with one attached hydrogen (secondary N) is 2. The number of rotatable bonds is 20. The third kappa shape index (κ3) is 13.4. The number of carbonyl (C=O) groups excluding carboxylic acids is 1. The average molecular weight is 1120 g/mol. The summed E-state index contributed by atoms with van der Waals surface area (Å²) in [7, 11) is -5.65. The maximum atomic E-state index is 12.9. The number of fused-ring (bicyclic) bond motifs is 2. The van der Waals surface area contributed by atoms with Gasteiger partial charge >= 0.3 is 13.2 Å². The number of aromatic nitrogens is 4. The van der Waals surface area contributed by atoms with Gasteiger partial charge < -0.3 is 35.1 Å². The van der Waals surface area contributed by atoms with E-state index in [0.717, 1.165) is 50.2 Å². The fourth-order valence-corrected chi connectivity index (χ4v) is 12.9. The number of halogens is 6. The summed E-state index contributed by atoms with van der Waals surface area (Å²) in [6.07, 6.45) is 5.32. The number of carbonyl (C=O) groups is 1. The predicted octanol–water partition coefficient (Wildman–Crippen LogP) is 12.1. The number of sulfone groups is 2. The van der Waals surface area contributed by atoms with Gasteiger partial charge in [-0.25, -0.2) is 26.8 Å². The molecule has 2 fully saturated rings. The fraction of sp³-hybridized carbons (Fsp3) is 0.291. The molecule has 400 valence electrons. The van der Waals surface area contributed by atoms with Gasteiger partial charge in [0, 0.05) is 47.6 Å². The predicted molar refractivity (Wildman–Crippen MR) is 285 cm³/mol. The Labute approximate surface area is 446 Å². The van der Waals surface area contributed by atoms with Crippen molar-refractivity contribution >= 4 is 71.2 Å². The number of nitrogens with zero attached hydrogens (tertiary/aromatic N) is 2. The second-order valence-electron chi connectivity index (χ2n) is 18.4. The van der Waals surface area contributed by atoms with Crippen molar-refractivity contribution in [2.24, 2.45) is 17.6 Å². The van der Waals surface area contributed by atoms with Crippen LogP contribution in [0.25, 0.3) is 44.3 Å². The summed E-state index contributed by atoms with van der Waals surface area (Å²) in [6.45, 7) is -5.55. The Bertz CT molecular complexity index is 3540. The lowest BCUT2D eigenvalue weighted by molar-refractivity contribution is -0.108. The standard InChI is InChI=1S/C27H26ClF2N3O3S.C27H23ClF2N2O4S.CH4O/c28-22-14-24-23(13-21(22)20-3-1-2-4-25(20)36-27(29)30)32-26(33-24)19(11-12-31)17-7-9-18(10-8-17)37(34,35)15-16-5-6-16;28-22-14-24-23(13-21(22)20-3-1-2-4-25(20)36-27(29)30)31-26(32-24)19(11-12-33)17-7-9-18(10-8-17)37(34,35)15-16-5-6-16;1-2/h1-4,7-10,13-14,16,19,27H,5-6,11-12,15,31H2,(H,32,33);1-4,7-10,12-14,16,19,27H,5-6,11,15H2,(H,31,32);2H,1H3. The van der Waals surface area contributed by atoms with E-state index in [1.807, 2.05) is 12.1 Å². The minimum atomic E-state index is -3.35. The Morgan fingerprint density at radius 1 is 0.618 bits per heavy atom. The first-order valence-electron chi connectivity index (χ1n) is 24.2. The molecule has 2 aromatic heterocycles. The lowest BCUT2D eigenvalue weighted by Crippen LogP contribution is -2.11. The number of para-hydroxylation sites is 2. The van der Waals surface area contributed by atoms with Gasteiger partial charge in [-0.3, -0.25) is 0 Å². The maximum Gasteiger partial charge on any atom is 0.387 e. The Morgan fingerprint density at radius 2 is 1.01 bits per heavy atom. The minimum Gasteiger partial charge on any atom is -0.434 e. The summed E-state index contributed by atoms with van der Waals surface area (Å²) in [5.74, 6) is 1.39. The third-order valence-corrected chi connectivity index (χ3v) is 17.4. The van der Waals surface area contributed by atoms with E-state index in [2.05, 4.69) is 24.4 Å². The molecular weight excluding hydrogens is 1070 g/mol. The molecule has 0 aliphatic heterocycles. The molecule has 2 saturated carbocycles. The van der Waals surface area contributed by atoms with Crippen LogP contribution in [0.4, 0.5) is 17.6 Å². The number of imidazole rings is 2. The van der Waals surface area contributed by atoms with Crippen LogP contribution in [0.3, 0.4) is 0 Å². The van der Waals surface area contributed by atoms with Crippen LogP contribution in [0.2, 0.25) is 10.0 Å². The Morgan fingerprint density at radius 3 is 1.39 bits per heavy atom. The van der Waals surface area contributed by atoms with Crippen molar-refractivity contribution < 1.29 is 53.8 Å². The Hall–Kier alpha value is -6.35. The van der Waals surface area contributed by atoms with Gasteiger partial charge in [-0.2, -0.15) is 17.6 Å². The van der Waals surface area contributed by atoms with Crippen molar-refractivity contribution in [1.29, 1.82) is 0 Å². The van der Waals surface area contributed by atoms with Gasteiger partial charge in [0.25, 0.3) is 0 Å². The first-order chi connectivity index (χ1) is 36.5. The molecule has 2 unspecified atom stereocenters. The highest BCUT2D eigenvalue weighted by molar-refractivity contribution is 7.91. The largest absolute Gasteiger partial charge is 0.434 e. The normalized spacial score (nSPS) is 14.5. The van der Waals surface area contributed by atoms with Crippen LogP contribution in [-0.4, -0.2) is 86.5 Å². The number of aldehydes is 1. The second-order valence-corrected chi connectivity index (χ2v) is 23.2. The molecule has 13 nitrogen and oxygen atoms in total. The molecule has 0 radical (unpaired) electrons. The number of aliphatic hydroxyl groups excluding tert-OH is 1. The van der Waals surface area contributed by atoms with E-state index >= 15 is 0 Å². The van der Waals surface area contributed by atoms with Crippen LogP contribution in [0, 0.1) is 11.8 Å². The number of aliphatic hydroxyl groups is 1. The Balaban J connectivity index is 0.000000195. The quantitative estimate of drug-likeness (QED) is 0.0417. The number of hydrogen-bond donors (Lipinski definition) is 4. The molecule has 2 atom stereocenters. The molecule has 5 N–H and O–H groups in total. The molecular formula is C55H53Cl2F4N5O8S2. The van der Waals surface area contributed by atoms with Crippen LogP contribution in [-0.2, 0) is 24.5 Å². The van der Waals surface area contributed by atoms with Crippen molar-refractivity contribution in [3.05, 3.63) is 154 Å². The minimum absolute atomic E-state index is 0.00920. The van der Waals surface area contributed by atoms with E-state index in [1.165, 1.54) is 12.1 Å². The third-order valence-electron chi connectivity index (χ3n) is 13.0. The summed E-state index contributed by atoms with van der Waals surface area (Å²) < 4.78 is 111. The zero-order valence-corrected chi connectivity index (χ0v) is 44.0. The van der Waals surface area contributed by atoms with E-state index in [1.54, 1.807) is 97.1 Å². The smallest absolute Gasteiger partial charge is 0.387 e. The zero-order valence-electron chi connectivity index (χ0n) is 40.8. The highest BCUT2D eigenvalue weighted by Crippen LogP contribution is 2.41. The molecule has 8 aromatic rings. The molecule has 0 spiro atoms. The Kier molecular flexibility index (Phi) is 17.9. The summed E-state index contributed by atoms with van der Waals surface area (Å²) in [5.41, 5.74) is 11.8. The topological polar surface area (TPSA) is 207 Å². The molecule has 76 heavy (non-hydrogen) atoms. The van der Waals surface area contributed by atoms with Crippen LogP contribution in [0.5, 0.6) is 11.5 Å². The van der Waals surface area contributed by atoms with Gasteiger partial charge in [0.15, 0.2) is 19.7 Å². The summed E-state index contributed by atoms with van der Waals surface area (Å²) >= 11 is 13.1. The van der Waals surface area contributed by atoms with Crippen LogP contribution in [0.15, 0.2) is 131 Å². The number of hydrogen-bond acceptors (Lipinski definition) is 11. The number of benzene rings is 6. The molecule has 2 aliphatic carbocycles. The molecule has 6 aromatic carbocycles. The van der Waals surface area contributed by atoms with Crippen molar-refractivity contribution in [2.75, 3.05) is 25.2 Å². The number of nitrogens with two attached hydrogens (primary N) is 1. The SMILES string of the molecule is CO.NCCC(c1ccc(S(=O)(=O)CC2CC2)cc1)c1nc2cc(-c3ccccc3OC(F)F)c(Cl)cc2[nH]1.O=CCC(c1ccc(S(=O)(=O)CC2CC2)cc1)c1nc2cc(-c3ccccc3OC(F)F)c(Cl)cc2[nH]1. The molecule has 0 saturated heterocycles. The molecule has 0 amide bonds. The summed E-state index contributed by atoms with van der Waals surface area (Å²) in [4.78, 5) is 28.0. The summed E-state index contributed by atoms with van der Waals surface area (Å²) in [5, 5.41) is 7.67. The monoisotopic (exact) mass is 1120 g/mol. The van der Waals surface area contributed by atoms with Crippen molar-refractivity contribution in [3.63, 3.8) is 0 Å². The second kappa shape index (κ2) is 24.3. The molecule has 0 bridgehead atoms. The van der Waals surface area contributed by atoms with Gasteiger partial charge in [-0.05, 0) is 122 Å². The number of aromatic amines is 2. The lowest BCUT2D eigenvalue weighted by Gasteiger charge is -2.15. The number of ether oxygens (including phenoxy) is 2. The first kappa shape index (κ1) is 55.9. The van der Waals surface area contributed by atoms with Gasteiger partial charge in [-0.15, -0.1) is 0 Å². The van der Waals surface area contributed by atoms with Gasteiger partial charge in [0.1, 0.15) is 29.4 Å². The van der Waals surface area contributed by atoms with E-state index in [9.17, 15) is 39.2 Å². The van der Waals surface area contributed by atoms with E-state index in [-0.39, 0.29) is 52.1 Å². The molecule has 2 aliphatic rings. The van der Waals surface area contributed by atoms with Crippen molar-refractivity contribution in [2.45, 2.75) is 73.4 Å². The van der Waals surface area contributed by atoms with Crippen molar-refractivity contribution in [1.82, 2.24) is 19.9 Å². The van der Waals surface area contributed by atoms with E-state index < -0.39 is 38.8 Å². The van der Waals surface area contributed by atoms with Crippen LogP contribution < -0.4 is 15.2 Å². The molecule has 10 rings (SSSR count). The molecule has 2 heterocycles.